The fourth-order valence-corrected chi connectivity index (χ4v) is 8.20. The van der Waals surface area contributed by atoms with Crippen molar-refractivity contribution in [3.63, 3.8) is 0 Å². The van der Waals surface area contributed by atoms with Crippen LogP contribution in [0.2, 0.25) is 0 Å². The van der Waals surface area contributed by atoms with Crippen LogP contribution in [0.3, 0.4) is 0 Å². The molecule has 0 aliphatic heterocycles. The van der Waals surface area contributed by atoms with E-state index in [9.17, 15) is 24.6 Å². The van der Waals surface area contributed by atoms with Crippen molar-refractivity contribution < 1.29 is 34.1 Å². The molecule has 4 rings (SSSR count). The quantitative estimate of drug-likeness (QED) is 0.506. The first-order valence-electron chi connectivity index (χ1n) is 11.2. The topological polar surface area (TPSA) is 110 Å². The molecule has 0 aromatic rings. The van der Waals surface area contributed by atoms with Crippen LogP contribution in [0.15, 0.2) is 12.2 Å². The average Bonchev–Trinajstić information content (AvgIpc) is 2.79. The first-order chi connectivity index (χ1) is 14.3. The zero-order valence-corrected chi connectivity index (χ0v) is 19.0. The molecule has 0 amide bonds. The Morgan fingerprint density at radius 1 is 1.00 bits per heavy atom. The van der Waals surface area contributed by atoms with Crippen LogP contribution in [0.25, 0.3) is 0 Å². The maximum atomic E-state index is 13.6. The van der Waals surface area contributed by atoms with Crippen LogP contribution in [-0.4, -0.2) is 52.4 Å². The lowest BCUT2D eigenvalue weighted by atomic mass is 9.38. The number of rotatable bonds is 2. The molecule has 31 heavy (non-hydrogen) atoms. The van der Waals surface area contributed by atoms with Crippen LogP contribution in [0.5, 0.6) is 0 Å². The van der Waals surface area contributed by atoms with Crippen LogP contribution in [0.1, 0.15) is 60.3 Å². The van der Waals surface area contributed by atoms with E-state index in [1.807, 2.05) is 20.8 Å². The Hall–Kier alpha value is -1.73. The fourth-order valence-electron chi connectivity index (χ4n) is 8.20. The van der Waals surface area contributed by atoms with E-state index in [-0.39, 0.29) is 24.5 Å². The molecule has 9 atom stereocenters. The van der Waals surface area contributed by atoms with Gasteiger partial charge in [-0.1, -0.05) is 27.4 Å². The zero-order valence-electron chi connectivity index (χ0n) is 19.0. The van der Waals surface area contributed by atoms with Crippen molar-refractivity contribution in [3.05, 3.63) is 12.2 Å². The normalized spacial score (nSPS) is 47.9. The number of ketones is 1. The highest BCUT2D eigenvalue weighted by Gasteiger charge is 2.75. The average molecular weight is 435 g/mol. The second-order valence-electron chi connectivity index (χ2n) is 11.1. The summed E-state index contributed by atoms with van der Waals surface area (Å²) in [6.45, 7) is 12.5. The lowest BCUT2D eigenvalue weighted by Crippen LogP contribution is -2.72. The number of ether oxygens (including phenoxy) is 2. The first kappa shape index (κ1) is 22.5. The number of carbonyl (C=O) groups excluding carboxylic acids is 3. The van der Waals surface area contributed by atoms with Crippen molar-refractivity contribution in [1.82, 2.24) is 0 Å². The van der Waals surface area contributed by atoms with Gasteiger partial charge in [-0.25, -0.2) is 0 Å². The molecule has 4 aliphatic carbocycles. The minimum Gasteiger partial charge on any atom is -0.462 e. The fraction of sp³-hybridized carbons (Fsp3) is 0.792. The Morgan fingerprint density at radius 2 is 1.61 bits per heavy atom. The summed E-state index contributed by atoms with van der Waals surface area (Å²) in [5, 5.41) is 22.4. The SMILES string of the molecule is C=C1C(=O)[C@]23C[C@H]1C[C@H](OC(C)=O)[C@H]2[C@]1(C)[C@@H](OC(C)=O)C[C@H](O)C(C)(C)[C@H]1[C@@H](O)C3. The van der Waals surface area contributed by atoms with Gasteiger partial charge in [-0.3, -0.25) is 14.4 Å². The Labute approximate surface area is 183 Å². The molecule has 172 valence electrons. The number of hydrogen-bond donors (Lipinski definition) is 2. The predicted octanol–water partition coefficient (Wildman–Crippen LogP) is 2.18. The molecule has 7 nitrogen and oxygen atoms in total. The van der Waals surface area contributed by atoms with Gasteiger partial charge in [-0.05, 0) is 36.2 Å². The van der Waals surface area contributed by atoms with E-state index in [1.165, 1.54) is 13.8 Å². The minimum atomic E-state index is -0.915. The molecule has 4 saturated carbocycles. The first-order valence-corrected chi connectivity index (χ1v) is 11.2. The molecular weight excluding hydrogens is 400 g/mol. The third kappa shape index (κ3) is 2.88. The highest BCUT2D eigenvalue weighted by Crippen LogP contribution is 2.71. The van der Waals surface area contributed by atoms with Gasteiger partial charge in [0.25, 0.3) is 0 Å². The van der Waals surface area contributed by atoms with Crippen LogP contribution in [0.4, 0.5) is 0 Å². The number of Topliss-reactive ketones (excluding diaryl/α,β-unsaturated/α-hetero) is 1. The number of hydrogen-bond acceptors (Lipinski definition) is 7. The number of fused-ring (bicyclic) bond motifs is 3. The summed E-state index contributed by atoms with van der Waals surface area (Å²) in [5.41, 5.74) is -1.95. The van der Waals surface area contributed by atoms with Gasteiger partial charge in [0.15, 0.2) is 5.78 Å². The Bertz CT molecular complexity index is 847. The van der Waals surface area contributed by atoms with Crippen LogP contribution in [-0.2, 0) is 23.9 Å². The van der Waals surface area contributed by atoms with E-state index in [4.69, 9.17) is 9.47 Å². The van der Waals surface area contributed by atoms with Crippen molar-refractivity contribution in [3.8, 4) is 0 Å². The summed E-state index contributed by atoms with van der Waals surface area (Å²) in [6, 6.07) is 0. The van der Waals surface area contributed by atoms with Gasteiger partial charge < -0.3 is 19.7 Å². The molecule has 4 aliphatic rings. The molecule has 4 fully saturated rings. The van der Waals surface area contributed by atoms with Gasteiger partial charge in [-0.15, -0.1) is 0 Å². The number of esters is 2. The summed E-state index contributed by atoms with van der Waals surface area (Å²) in [4.78, 5) is 37.7. The summed E-state index contributed by atoms with van der Waals surface area (Å²) in [7, 11) is 0. The highest BCUT2D eigenvalue weighted by molar-refractivity contribution is 6.03. The second-order valence-corrected chi connectivity index (χ2v) is 11.1. The lowest BCUT2D eigenvalue weighted by Gasteiger charge is -2.67. The van der Waals surface area contributed by atoms with Crippen molar-refractivity contribution in [2.24, 2.45) is 34.0 Å². The van der Waals surface area contributed by atoms with E-state index in [0.717, 1.165) is 0 Å². The standard InChI is InChI=1S/C24H34O7/c1-11-14-7-16(30-12(2)25)20-23(6)18(31-13(3)26)8-17(28)22(4,5)19(23)15(27)10-24(20,9-14)21(11)29/h14-20,27-28H,1,7-10H2,2-6H3/t14-,15+,16+,17+,18+,19-,20+,23-,24+/m1/s1. The van der Waals surface area contributed by atoms with E-state index in [0.29, 0.717) is 18.4 Å². The molecule has 1 spiro atoms. The molecule has 0 heterocycles. The smallest absolute Gasteiger partial charge is 0.302 e. The summed E-state index contributed by atoms with van der Waals surface area (Å²) >= 11 is 0. The largest absolute Gasteiger partial charge is 0.462 e. The van der Waals surface area contributed by atoms with Crippen molar-refractivity contribution in [2.75, 3.05) is 0 Å². The third-order valence-corrected chi connectivity index (χ3v) is 9.05. The molecule has 0 unspecified atom stereocenters. The summed E-state index contributed by atoms with van der Waals surface area (Å²) in [5.74, 6) is -1.97. The molecule has 7 heteroatoms. The van der Waals surface area contributed by atoms with Gasteiger partial charge in [0.2, 0.25) is 0 Å². The molecule has 2 N–H and O–H groups in total. The highest BCUT2D eigenvalue weighted by atomic mass is 16.6. The van der Waals surface area contributed by atoms with Gasteiger partial charge >= 0.3 is 11.9 Å². The summed E-state index contributed by atoms with van der Waals surface area (Å²) in [6.07, 6.45) is -1.47. The second kappa shape index (κ2) is 6.88. The van der Waals surface area contributed by atoms with Gasteiger partial charge in [-0.2, -0.15) is 0 Å². The van der Waals surface area contributed by atoms with Crippen molar-refractivity contribution in [2.45, 2.75) is 84.7 Å². The van der Waals surface area contributed by atoms with E-state index in [1.54, 1.807) is 0 Å². The van der Waals surface area contributed by atoms with Crippen molar-refractivity contribution >= 4 is 17.7 Å². The number of allylic oxidation sites excluding steroid dienone is 1. The maximum absolute atomic E-state index is 13.6. The monoisotopic (exact) mass is 434 g/mol. The van der Waals surface area contributed by atoms with Gasteiger partial charge in [0, 0.05) is 42.9 Å². The molecular formula is C24H34O7. The minimum absolute atomic E-state index is 0.0682. The Balaban J connectivity index is 1.94. The van der Waals surface area contributed by atoms with Crippen molar-refractivity contribution in [1.29, 1.82) is 0 Å². The number of aliphatic hydroxyl groups is 2. The van der Waals surface area contributed by atoms with E-state index in [2.05, 4.69) is 6.58 Å². The zero-order chi connectivity index (χ0) is 23.1. The molecule has 0 aromatic heterocycles. The Morgan fingerprint density at radius 3 is 2.19 bits per heavy atom. The van der Waals surface area contributed by atoms with Gasteiger partial charge in [0.1, 0.15) is 12.2 Å². The number of aliphatic hydroxyl groups excluding tert-OH is 2. The molecule has 0 radical (unpaired) electrons. The molecule has 2 bridgehead atoms. The maximum Gasteiger partial charge on any atom is 0.302 e. The summed E-state index contributed by atoms with van der Waals surface area (Å²) < 4.78 is 11.6. The lowest BCUT2D eigenvalue weighted by molar-refractivity contribution is -0.279. The third-order valence-electron chi connectivity index (χ3n) is 9.05. The Kier molecular flexibility index (Phi) is 4.99. The molecule has 0 saturated heterocycles. The van der Waals surface area contributed by atoms with E-state index < -0.39 is 64.4 Å². The van der Waals surface area contributed by atoms with Crippen LogP contribution < -0.4 is 0 Å². The predicted molar refractivity (Wildman–Crippen MR) is 111 cm³/mol. The molecule has 0 aromatic carbocycles. The van der Waals surface area contributed by atoms with Gasteiger partial charge in [0.05, 0.1) is 12.2 Å². The number of carbonyl (C=O) groups is 3. The van der Waals surface area contributed by atoms with Crippen LogP contribution in [0, 0.1) is 34.0 Å². The van der Waals surface area contributed by atoms with Crippen LogP contribution >= 0.6 is 0 Å². The van der Waals surface area contributed by atoms with E-state index >= 15 is 0 Å².